The van der Waals surface area contributed by atoms with Crippen LogP contribution in [0.25, 0.3) is 0 Å². The Morgan fingerprint density at radius 2 is 2.26 bits per heavy atom. The highest BCUT2D eigenvalue weighted by atomic mass is 19.3. The molecule has 0 bridgehead atoms. The summed E-state index contributed by atoms with van der Waals surface area (Å²) in [4.78, 5) is 11.9. The van der Waals surface area contributed by atoms with E-state index in [1.54, 1.807) is 19.1 Å². The van der Waals surface area contributed by atoms with Crippen molar-refractivity contribution < 1.29 is 23.4 Å². The standard InChI is InChI=1S/C16H22F2N2O3/c1-10(21)7-8-19-16(22)20-14-4-2-3-11-9-12(23-15(17)18)5-6-13(11)14/h5-6,9-10,14-15,21H,2-4,7-8H2,1H3,(H2,19,20,22). The molecule has 128 valence electrons. The van der Waals surface area contributed by atoms with Gasteiger partial charge in [0.2, 0.25) is 0 Å². The molecule has 3 N–H and O–H groups in total. The molecule has 5 nitrogen and oxygen atoms in total. The predicted octanol–water partition coefficient (Wildman–Crippen LogP) is 2.74. The minimum absolute atomic E-state index is 0.140. The number of rotatable bonds is 6. The molecular weight excluding hydrogens is 306 g/mol. The van der Waals surface area contributed by atoms with Crippen molar-refractivity contribution in [3.8, 4) is 5.75 Å². The van der Waals surface area contributed by atoms with Crippen molar-refractivity contribution in [3.05, 3.63) is 29.3 Å². The number of nitrogens with one attached hydrogen (secondary N) is 2. The lowest BCUT2D eigenvalue weighted by molar-refractivity contribution is -0.0499. The molecule has 0 saturated carbocycles. The third kappa shape index (κ3) is 5.35. The monoisotopic (exact) mass is 328 g/mol. The first-order chi connectivity index (χ1) is 11.0. The second-order valence-corrected chi connectivity index (χ2v) is 5.72. The number of aryl methyl sites for hydroxylation is 1. The first kappa shape index (κ1) is 17.5. The van der Waals surface area contributed by atoms with E-state index in [1.807, 2.05) is 0 Å². The van der Waals surface area contributed by atoms with E-state index in [2.05, 4.69) is 15.4 Å². The van der Waals surface area contributed by atoms with E-state index in [0.29, 0.717) is 13.0 Å². The van der Waals surface area contributed by atoms with Gasteiger partial charge < -0.3 is 20.5 Å². The summed E-state index contributed by atoms with van der Waals surface area (Å²) in [6.07, 6.45) is 2.47. The molecule has 0 spiro atoms. The summed E-state index contributed by atoms with van der Waals surface area (Å²) >= 11 is 0. The highest BCUT2D eigenvalue weighted by Crippen LogP contribution is 2.32. The van der Waals surface area contributed by atoms with E-state index in [9.17, 15) is 13.6 Å². The first-order valence-electron chi connectivity index (χ1n) is 7.75. The second kappa shape index (κ2) is 8.10. The van der Waals surface area contributed by atoms with Crippen molar-refractivity contribution in [2.75, 3.05) is 6.54 Å². The van der Waals surface area contributed by atoms with Gasteiger partial charge in [-0.15, -0.1) is 0 Å². The van der Waals surface area contributed by atoms with Gasteiger partial charge in [-0.05, 0) is 55.9 Å². The molecule has 0 heterocycles. The molecule has 2 atom stereocenters. The molecular formula is C16H22F2N2O3. The Kier molecular flexibility index (Phi) is 6.15. The van der Waals surface area contributed by atoms with E-state index < -0.39 is 12.7 Å². The second-order valence-electron chi connectivity index (χ2n) is 5.72. The molecule has 1 aromatic carbocycles. The molecule has 0 aliphatic heterocycles. The summed E-state index contributed by atoms with van der Waals surface area (Å²) in [6, 6.07) is 4.39. The molecule has 23 heavy (non-hydrogen) atoms. The van der Waals surface area contributed by atoms with E-state index in [4.69, 9.17) is 5.11 Å². The molecule has 1 aliphatic carbocycles. The molecule has 7 heteroatoms. The summed E-state index contributed by atoms with van der Waals surface area (Å²) in [7, 11) is 0. The number of alkyl halides is 2. The minimum atomic E-state index is -2.84. The number of aliphatic hydroxyl groups excluding tert-OH is 1. The number of urea groups is 1. The number of fused-ring (bicyclic) bond motifs is 1. The van der Waals surface area contributed by atoms with Gasteiger partial charge >= 0.3 is 12.6 Å². The highest BCUT2D eigenvalue weighted by Gasteiger charge is 2.22. The van der Waals surface area contributed by atoms with Crippen LogP contribution in [0.3, 0.4) is 0 Å². The molecule has 0 saturated heterocycles. The Morgan fingerprint density at radius 1 is 1.48 bits per heavy atom. The Bertz CT molecular complexity index is 538. The van der Waals surface area contributed by atoms with Crippen LogP contribution in [0, 0.1) is 0 Å². The third-order valence-corrected chi connectivity index (χ3v) is 3.81. The van der Waals surface area contributed by atoms with Gasteiger partial charge in [-0.3, -0.25) is 0 Å². The summed E-state index contributed by atoms with van der Waals surface area (Å²) in [5.74, 6) is 0.140. The van der Waals surface area contributed by atoms with Crippen molar-refractivity contribution >= 4 is 6.03 Å². The molecule has 0 radical (unpaired) electrons. The Balaban J connectivity index is 1.97. The minimum Gasteiger partial charge on any atom is -0.435 e. The summed E-state index contributed by atoms with van der Waals surface area (Å²) in [5, 5.41) is 14.8. The van der Waals surface area contributed by atoms with Crippen molar-refractivity contribution in [1.29, 1.82) is 0 Å². The van der Waals surface area contributed by atoms with Crippen molar-refractivity contribution in [2.45, 2.75) is 51.4 Å². The largest absolute Gasteiger partial charge is 0.435 e. The maximum atomic E-state index is 12.3. The molecule has 1 aromatic rings. The van der Waals surface area contributed by atoms with Crippen LogP contribution in [0.15, 0.2) is 18.2 Å². The van der Waals surface area contributed by atoms with Gasteiger partial charge in [-0.1, -0.05) is 6.07 Å². The zero-order chi connectivity index (χ0) is 16.8. The Labute approximate surface area is 134 Å². The van der Waals surface area contributed by atoms with Crippen LogP contribution in [-0.4, -0.2) is 30.4 Å². The van der Waals surface area contributed by atoms with Gasteiger partial charge in [-0.2, -0.15) is 8.78 Å². The predicted molar refractivity (Wildman–Crippen MR) is 81.6 cm³/mol. The molecule has 0 fully saturated rings. The van der Waals surface area contributed by atoms with Gasteiger partial charge in [0.1, 0.15) is 5.75 Å². The number of aliphatic hydroxyl groups is 1. The number of carbonyl (C=O) groups is 1. The molecule has 1 aliphatic rings. The first-order valence-corrected chi connectivity index (χ1v) is 7.75. The Morgan fingerprint density at radius 3 is 2.96 bits per heavy atom. The maximum Gasteiger partial charge on any atom is 0.387 e. The van der Waals surface area contributed by atoms with Crippen LogP contribution in [0.4, 0.5) is 13.6 Å². The fraction of sp³-hybridized carbons (Fsp3) is 0.562. The highest BCUT2D eigenvalue weighted by molar-refractivity contribution is 5.74. The quantitative estimate of drug-likeness (QED) is 0.752. The van der Waals surface area contributed by atoms with Crippen LogP contribution in [0.1, 0.15) is 43.4 Å². The molecule has 2 amide bonds. The third-order valence-electron chi connectivity index (χ3n) is 3.81. The van der Waals surface area contributed by atoms with Crippen molar-refractivity contribution in [2.24, 2.45) is 0 Å². The van der Waals surface area contributed by atoms with E-state index in [0.717, 1.165) is 30.4 Å². The SMILES string of the molecule is CC(O)CCNC(=O)NC1CCCc2cc(OC(F)F)ccc21. The van der Waals surface area contributed by atoms with Crippen LogP contribution in [-0.2, 0) is 6.42 Å². The number of carbonyl (C=O) groups excluding carboxylic acids is 1. The van der Waals surface area contributed by atoms with Crippen LogP contribution in [0.2, 0.25) is 0 Å². The molecule has 2 rings (SSSR count). The smallest absolute Gasteiger partial charge is 0.387 e. The number of hydrogen-bond acceptors (Lipinski definition) is 3. The summed E-state index contributed by atoms with van der Waals surface area (Å²) in [5.41, 5.74) is 1.85. The van der Waals surface area contributed by atoms with E-state index in [1.165, 1.54) is 6.07 Å². The average Bonchev–Trinajstić information content (AvgIpc) is 2.46. The maximum absolute atomic E-state index is 12.3. The molecule has 2 unspecified atom stereocenters. The fourth-order valence-electron chi connectivity index (χ4n) is 2.72. The normalized spacial score (nSPS) is 18.2. The summed E-state index contributed by atoms with van der Waals surface area (Å²) in [6.45, 7) is -0.787. The lowest BCUT2D eigenvalue weighted by Gasteiger charge is -2.27. The lowest BCUT2D eigenvalue weighted by atomic mass is 9.87. The topological polar surface area (TPSA) is 70.6 Å². The van der Waals surface area contributed by atoms with Gasteiger partial charge in [-0.25, -0.2) is 4.79 Å². The van der Waals surface area contributed by atoms with E-state index in [-0.39, 0.29) is 17.8 Å². The number of amides is 2. The average molecular weight is 328 g/mol. The van der Waals surface area contributed by atoms with E-state index >= 15 is 0 Å². The van der Waals surface area contributed by atoms with Gasteiger partial charge in [0.25, 0.3) is 0 Å². The van der Waals surface area contributed by atoms with Crippen molar-refractivity contribution in [1.82, 2.24) is 10.6 Å². The summed E-state index contributed by atoms with van der Waals surface area (Å²) < 4.78 is 29.0. The number of ether oxygens (including phenoxy) is 1. The van der Waals surface area contributed by atoms with Crippen LogP contribution >= 0.6 is 0 Å². The zero-order valence-corrected chi connectivity index (χ0v) is 13.0. The number of halogens is 2. The molecule has 0 aromatic heterocycles. The van der Waals surface area contributed by atoms with Gasteiger partial charge in [0.05, 0.1) is 12.1 Å². The van der Waals surface area contributed by atoms with Gasteiger partial charge in [0, 0.05) is 6.54 Å². The number of benzene rings is 1. The van der Waals surface area contributed by atoms with Crippen LogP contribution in [0.5, 0.6) is 5.75 Å². The zero-order valence-electron chi connectivity index (χ0n) is 13.0. The fourth-order valence-corrected chi connectivity index (χ4v) is 2.72. The van der Waals surface area contributed by atoms with Crippen molar-refractivity contribution in [3.63, 3.8) is 0 Å². The van der Waals surface area contributed by atoms with Crippen LogP contribution < -0.4 is 15.4 Å². The van der Waals surface area contributed by atoms with Gasteiger partial charge in [0.15, 0.2) is 0 Å². The lowest BCUT2D eigenvalue weighted by Crippen LogP contribution is -2.40. The Hall–Kier alpha value is -1.89. The number of hydrogen-bond donors (Lipinski definition) is 3.